The summed E-state index contributed by atoms with van der Waals surface area (Å²) in [6, 6.07) is 19.3. The van der Waals surface area contributed by atoms with Crippen LogP contribution in [0.4, 0.5) is 0 Å². The number of aliphatic imine (C=N–C) groups is 1. The molecule has 3 aromatic carbocycles. The molecule has 3 aromatic rings. The normalized spacial score (nSPS) is 22.3. The molecule has 5 rings (SSSR count). The van der Waals surface area contributed by atoms with E-state index in [2.05, 4.69) is 4.99 Å². The van der Waals surface area contributed by atoms with Gasteiger partial charge in [-0.05, 0) is 22.8 Å². The summed E-state index contributed by atoms with van der Waals surface area (Å²) >= 11 is 0. The number of hydrogen-bond donors (Lipinski definition) is 4. The van der Waals surface area contributed by atoms with Gasteiger partial charge in [-0.1, -0.05) is 84.9 Å². The predicted molar refractivity (Wildman–Crippen MR) is 157 cm³/mol. The number of hydrogen-bond acceptors (Lipinski definition) is 10. The fourth-order valence-electron chi connectivity index (χ4n) is 4.88. The van der Waals surface area contributed by atoms with Gasteiger partial charge >= 0.3 is 15.2 Å². The van der Waals surface area contributed by atoms with Crippen molar-refractivity contribution in [3.8, 4) is 11.1 Å². The van der Waals surface area contributed by atoms with E-state index in [4.69, 9.17) is 4.74 Å². The Kier molecular flexibility index (Phi) is 9.16. The summed E-state index contributed by atoms with van der Waals surface area (Å²) in [7, 11) is -23.4. The molecule has 227 valence electrons. The maximum atomic E-state index is 13.0. The summed E-state index contributed by atoms with van der Waals surface area (Å²) in [5.41, 5.74) is -1.16. The van der Waals surface area contributed by atoms with Gasteiger partial charge in [-0.25, -0.2) is 4.99 Å². The molecule has 1 aliphatic heterocycles. The van der Waals surface area contributed by atoms with Gasteiger partial charge in [-0.15, -0.1) is 0 Å². The topological polar surface area (TPSA) is 239 Å². The maximum Gasteiger partial charge on any atom is 0.356 e. The zero-order chi connectivity index (χ0) is 31.6. The van der Waals surface area contributed by atoms with Crippen molar-refractivity contribution >= 4 is 97.6 Å². The second-order valence-corrected chi connectivity index (χ2v) is 15.1. The summed E-state index contributed by atoms with van der Waals surface area (Å²) in [4.78, 5) is -0.231. The number of ether oxygens (including phenoxy) is 1. The molecule has 0 aromatic heterocycles. The standard InChI is InChI=1S/C25H19NO13S4.K/c27-40(28,29)22-21-20(15-24(42(33,34)35,23(22)41(30,31)32)18-9-5-2-6-10-18)39-25(26-21,43(36,37)38)19-13-11-17(12-14-19)16-7-3-1-4-8-16;/h1-15H,(H,27,28,29)(H,30,31,32)(H,33,34,35)(H,36,37,38);. The van der Waals surface area contributed by atoms with E-state index in [0.717, 1.165) is 24.3 Å². The molecule has 2 aliphatic rings. The molecule has 0 amide bonds. The molecule has 0 saturated heterocycles. The largest absolute Gasteiger partial charge is 0.445 e. The number of nitrogens with zero attached hydrogens (tertiary/aromatic N) is 1. The average molecular weight is 709 g/mol. The number of rotatable bonds is 7. The molecule has 1 aliphatic carbocycles. The summed E-state index contributed by atoms with van der Waals surface area (Å²) in [6.07, 6.45) is 0.305. The summed E-state index contributed by atoms with van der Waals surface area (Å²) in [5.74, 6) is -1.09. The van der Waals surface area contributed by atoms with Crippen LogP contribution in [0.5, 0.6) is 0 Å². The Morgan fingerprint density at radius 2 is 1.09 bits per heavy atom. The van der Waals surface area contributed by atoms with Crippen molar-refractivity contribution in [2.75, 3.05) is 0 Å². The fraction of sp³-hybridized carbons (Fsp3) is 0.0800. The summed E-state index contributed by atoms with van der Waals surface area (Å²) in [6.45, 7) is 0. The average Bonchev–Trinajstić information content (AvgIpc) is 3.32. The molecule has 2 unspecified atom stereocenters. The zero-order valence-corrected chi connectivity index (χ0v) is 28.6. The predicted octanol–water partition coefficient (Wildman–Crippen LogP) is 2.11. The van der Waals surface area contributed by atoms with Crippen LogP contribution in [0.2, 0.25) is 0 Å². The quantitative estimate of drug-likeness (QED) is 0.203. The zero-order valence-electron chi connectivity index (χ0n) is 22.2. The molecule has 4 N–H and O–H groups in total. The molecule has 0 spiro atoms. The van der Waals surface area contributed by atoms with E-state index < -0.39 is 82.7 Å². The summed E-state index contributed by atoms with van der Waals surface area (Å²) < 4.78 is 146. The van der Waals surface area contributed by atoms with E-state index >= 15 is 0 Å². The van der Waals surface area contributed by atoms with E-state index in [0.29, 0.717) is 17.2 Å². The van der Waals surface area contributed by atoms with Crippen LogP contribution in [-0.2, 0) is 55.0 Å². The van der Waals surface area contributed by atoms with Crippen molar-refractivity contribution in [2.45, 2.75) is 9.80 Å². The first-order valence-corrected chi connectivity index (χ1v) is 17.5. The first kappa shape index (κ1) is 34.8. The Labute approximate surface area is 294 Å². The van der Waals surface area contributed by atoms with E-state index in [9.17, 15) is 51.9 Å². The van der Waals surface area contributed by atoms with Crippen molar-refractivity contribution in [2.24, 2.45) is 4.99 Å². The fourth-order valence-corrected chi connectivity index (χ4v) is 9.75. The van der Waals surface area contributed by atoms with Crippen LogP contribution in [-0.4, -0.2) is 109 Å². The molecule has 44 heavy (non-hydrogen) atoms. The van der Waals surface area contributed by atoms with Gasteiger partial charge in [0.1, 0.15) is 21.3 Å². The van der Waals surface area contributed by atoms with Crippen molar-refractivity contribution in [3.05, 3.63) is 118 Å². The second kappa shape index (κ2) is 11.6. The van der Waals surface area contributed by atoms with E-state index in [1.54, 1.807) is 30.3 Å². The molecule has 14 nitrogen and oxygen atoms in total. The second-order valence-electron chi connectivity index (χ2n) is 9.26. The van der Waals surface area contributed by atoms with Gasteiger partial charge in [0, 0.05) is 56.9 Å². The smallest absolute Gasteiger partial charge is 0.356 e. The first-order chi connectivity index (χ1) is 19.8. The molecule has 0 fully saturated rings. The van der Waals surface area contributed by atoms with Crippen LogP contribution in [0, 0.1) is 0 Å². The van der Waals surface area contributed by atoms with Gasteiger partial charge in [0.2, 0.25) is 0 Å². The molecular formula is C25H19KNO13S4. The number of fused-ring (bicyclic) bond motifs is 1. The van der Waals surface area contributed by atoms with E-state index in [1.807, 2.05) is 0 Å². The number of allylic oxidation sites excluding steroid dienone is 1. The van der Waals surface area contributed by atoms with Crippen molar-refractivity contribution in [1.82, 2.24) is 0 Å². The van der Waals surface area contributed by atoms with Gasteiger partial charge in [-0.3, -0.25) is 18.2 Å². The van der Waals surface area contributed by atoms with Gasteiger partial charge in [0.25, 0.3) is 30.4 Å². The van der Waals surface area contributed by atoms with E-state index in [-0.39, 0.29) is 51.4 Å². The van der Waals surface area contributed by atoms with Gasteiger partial charge in [0.15, 0.2) is 4.75 Å². The monoisotopic (exact) mass is 708 g/mol. The molecule has 19 heteroatoms. The summed E-state index contributed by atoms with van der Waals surface area (Å²) in [5, 5.41) is -3.27. The molecule has 2 atom stereocenters. The van der Waals surface area contributed by atoms with Gasteiger partial charge in [0.05, 0.1) is 0 Å². The Bertz CT molecular complexity index is 2180. The number of benzene rings is 3. The van der Waals surface area contributed by atoms with Gasteiger partial charge in [-0.2, -0.15) is 33.7 Å². The molecule has 0 bridgehead atoms. The van der Waals surface area contributed by atoms with Crippen molar-refractivity contribution in [3.63, 3.8) is 0 Å². The third-order valence-electron chi connectivity index (χ3n) is 6.67. The maximum absolute atomic E-state index is 13.0. The minimum Gasteiger partial charge on any atom is -0.445 e. The van der Waals surface area contributed by atoms with Crippen LogP contribution < -0.4 is 0 Å². The van der Waals surface area contributed by atoms with E-state index in [1.165, 1.54) is 30.3 Å². The minimum absolute atomic E-state index is 0. The van der Waals surface area contributed by atoms with Crippen LogP contribution in [0.25, 0.3) is 11.1 Å². The van der Waals surface area contributed by atoms with Crippen molar-refractivity contribution < 1.29 is 56.6 Å². The third kappa shape index (κ3) is 5.70. The Morgan fingerprint density at radius 3 is 1.55 bits per heavy atom. The third-order valence-corrected chi connectivity index (χ3v) is 11.4. The van der Waals surface area contributed by atoms with Crippen molar-refractivity contribution in [1.29, 1.82) is 0 Å². The minimum atomic E-state index is -6.00. The van der Waals surface area contributed by atoms with Gasteiger partial charge < -0.3 is 4.74 Å². The SMILES string of the molecule is O=S(=O)(O)C1=C(S(=O)(=O)O)C(c2ccccc2)(S(=O)(=O)O)C=C2OC(c3ccc(-c4ccccc4)cc3)(S(=O)(=O)O)N=C21.[K]. The van der Waals surface area contributed by atoms with Crippen LogP contribution >= 0.6 is 0 Å². The molecule has 1 radical (unpaired) electrons. The molecule has 0 saturated carbocycles. The Morgan fingerprint density at radius 1 is 0.591 bits per heavy atom. The Balaban J connectivity index is 0.00000442. The van der Waals surface area contributed by atoms with Crippen LogP contribution in [0.3, 0.4) is 0 Å². The Hall–Kier alpha value is -2.11. The first-order valence-electron chi connectivity index (χ1n) is 11.7. The molecular weight excluding hydrogens is 690 g/mol. The molecule has 1 heterocycles. The van der Waals surface area contributed by atoms with Crippen LogP contribution in [0.15, 0.2) is 112 Å². The van der Waals surface area contributed by atoms with Crippen LogP contribution in [0.1, 0.15) is 11.1 Å².